The molecule has 1 aromatic heterocycles. The van der Waals surface area contributed by atoms with Crippen molar-refractivity contribution in [1.29, 1.82) is 5.26 Å². The summed E-state index contributed by atoms with van der Waals surface area (Å²) in [5, 5.41) is 8.99. The van der Waals surface area contributed by atoms with E-state index in [1.165, 1.54) is 6.07 Å². The van der Waals surface area contributed by atoms with Crippen molar-refractivity contribution in [3.63, 3.8) is 0 Å². The molecule has 0 aliphatic rings. The molecule has 0 atom stereocenters. The number of pyridine rings is 1. The molecule has 90 valence electrons. The van der Waals surface area contributed by atoms with E-state index in [1.807, 2.05) is 30.1 Å². The molecule has 0 unspecified atom stereocenters. The molecule has 3 nitrogen and oxygen atoms in total. The van der Waals surface area contributed by atoms with Crippen molar-refractivity contribution in [1.82, 2.24) is 4.98 Å². The third kappa shape index (κ3) is 2.46. The number of rotatable bonds is 3. The first-order valence-corrected chi connectivity index (χ1v) is 5.51. The van der Waals surface area contributed by atoms with Crippen molar-refractivity contribution in [3.05, 3.63) is 59.7 Å². The molecule has 2 aromatic rings. The second-order valence-electron chi connectivity index (χ2n) is 3.96. The van der Waals surface area contributed by atoms with Crippen LogP contribution in [0.25, 0.3) is 0 Å². The summed E-state index contributed by atoms with van der Waals surface area (Å²) in [6.45, 7) is 0.575. The zero-order valence-corrected chi connectivity index (χ0v) is 9.97. The molecule has 0 N–H and O–H groups in total. The van der Waals surface area contributed by atoms with Gasteiger partial charge in [0, 0.05) is 26.0 Å². The summed E-state index contributed by atoms with van der Waals surface area (Å²) in [6.07, 6.45) is 3.45. The largest absolute Gasteiger partial charge is 0.369 e. The van der Waals surface area contributed by atoms with Crippen LogP contribution in [0.4, 0.5) is 10.1 Å². The number of hydrogen-bond acceptors (Lipinski definition) is 3. The van der Waals surface area contributed by atoms with Crippen LogP contribution < -0.4 is 4.90 Å². The van der Waals surface area contributed by atoms with Gasteiger partial charge in [-0.3, -0.25) is 4.98 Å². The summed E-state index contributed by atoms with van der Waals surface area (Å²) in [7, 11) is 1.82. The van der Waals surface area contributed by atoms with Crippen molar-refractivity contribution >= 4 is 5.69 Å². The highest BCUT2D eigenvalue weighted by Crippen LogP contribution is 2.22. The molecule has 1 heterocycles. The van der Waals surface area contributed by atoms with E-state index in [4.69, 9.17) is 5.26 Å². The molecule has 0 bridgehead atoms. The smallest absolute Gasteiger partial charge is 0.143 e. The predicted octanol–water partition coefficient (Wildman–Crippen LogP) is 2.73. The minimum Gasteiger partial charge on any atom is -0.369 e. The zero-order valence-electron chi connectivity index (χ0n) is 9.97. The number of aromatic nitrogens is 1. The van der Waals surface area contributed by atoms with Crippen LogP contribution in [-0.2, 0) is 6.54 Å². The maximum absolute atomic E-state index is 13.5. The maximum Gasteiger partial charge on any atom is 0.143 e. The number of anilines is 1. The molecule has 0 spiro atoms. The van der Waals surface area contributed by atoms with E-state index in [-0.39, 0.29) is 5.56 Å². The highest BCUT2D eigenvalue weighted by molar-refractivity contribution is 5.59. The Morgan fingerprint density at radius 1 is 1.33 bits per heavy atom. The van der Waals surface area contributed by atoms with Gasteiger partial charge in [0.15, 0.2) is 0 Å². The fourth-order valence-electron chi connectivity index (χ4n) is 1.79. The lowest BCUT2D eigenvalue weighted by molar-refractivity contribution is 0.623. The van der Waals surface area contributed by atoms with Crippen LogP contribution >= 0.6 is 0 Å². The Balaban J connectivity index is 2.27. The van der Waals surface area contributed by atoms with Crippen molar-refractivity contribution in [2.24, 2.45) is 0 Å². The van der Waals surface area contributed by atoms with Gasteiger partial charge in [-0.15, -0.1) is 0 Å². The Bertz CT molecular complexity index is 575. The number of nitriles is 1. The quantitative estimate of drug-likeness (QED) is 0.829. The molecular weight excluding hydrogens is 229 g/mol. The molecule has 18 heavy (non-hydrogen) atoms. The highest BCUT2D eigenvalue weighted by Gasteiger charge is 2.11. The topological polar surface area (TPSA) is 39.9 Å². The molecule has 0 amide bonds. The number of halogens is 1. The molecule has 2 rings (SSSR count). The first-order chi connectivity index (χ1) is 8.72. The Morgan fingerprint density at radius 2 is 2.17 bits per heavy atom. The van der Waals surface area contributed by atoms with Gasteiger partial charge in [0.2, 0.25) is 0 Å². The van der Waals surface area contributed by atoms with Crippen molar-refractivity contribution in [2.45, 2.75) is 6.54 Å². The van der Waals surface area contributed by atoms with Crippen LogP contribution in [0.15, 0.2) is 42.7 Å². The van der Waals surface area contributed by atoms with Gasteiger partial charge in [0.1, 0.15) is 17.4 Å². The molecule has 0 saturated carbocycles. The van der Waals surface area contributed by atoms with Crippen molar-refractivity contribution < 1.29 is 4.39 Å². The lowest BCUT2D eigenvalue weighted by atomic mass is 10.1. The summed E-state index contributed by atoms with van der Waals surface area (Å²) in [4.78, 5) is 5.86. The van der Waals surface area contributed by atoms with Gasteiger partial charge in [-0.2, -0.15) is 5.26 Å². The number of nitrogens with zero attached hydrogens (tertiary/aromatic N) is 3. The lowest BCUT2D eigenvalue weighted by Gasteiger charge is -2.20. The van der Waals surface area contributed by atoms with Gasteiger partial charge in [0.25, 0.3) is 0 Å². The molecule has 1 aromatic carbocycles. The summed E-state index contributed by atoms with van der Waals surface area (Å²) in [5.41, 5.74) is 1.67. The first-order valence-electron chi connectivity index (χ1n) is 5.51. The fraction of sp³-hybridized carbons (Fsp3) is 0.143. The predicted molar refractivity (Wildman–Crippen MR) is 67.5 cm³/mol. The van der Waals surface area contributed by atoms with Gasteiger partial charge in [-0.05, 0) is 23.8 Å². The number of hydrogen-bond donors (Lipinski definition) is 0. The molecule has 0 aliphatic carbocycles. The second kappa shape index (κ2) is 5.28. The van der Waals surface area contributed by atoms with Crippen LogP contribution in [0.2, 0.25) is 0 Å². The second-order valence-corrected chi connectivity index (χ2v) is 3.96. The zero-order chi connectivity index (χ0) is 13.0. The van der Waals surface area contributed by atoms with E-state index in [2.05, 4.69) is 4.98 Å². The monoisotopic (exact) mass is 241 g/mol. The Morgan fingerprint density at radius 3 is 2.83 bits per heavy atom. The SMILES string of the molecule is CN(Cc1cccnc1)c1cccc(F)c1C#N. The molecule has 0 radical (unpaired) electrons. The van der Waals surface area contributed by atoms with Crippen LogP contribution in [0.5, 0.6) is 0 Å². The van der Waals surface area contributed by atoms with Crippen LogP contribution in [0, 0.1) is 17.1 Å². The lowest BCUT2D eigenvalue weighted by Crippen LogP contribution is -2.18. The Kier molecular flexibility index (Phi) is 3.54. The van der Waals surface area contributed by atoms with Gasteiger partial charge < -0.3 is 4.90 Å². The van der Waals surface area contributed by atoms with E-state index >= 15 is 0 Å². The van der Waals surface area contributed by atoms with Gasteiger partial charge in [0.05, 0.1) is 5.69 Å². The maximum atomic E-state index is 13.5. The minimum absolute atomic E-state index is 0.0730. The summed E-state index contributed by atoms with van der Waals surface area (Å²) >= 11 is 0. The number of benzene rings is 1. The molecule has 0 aliphatic heterocycles. The van der Waals surface area contributed by atoms with Gasteiger partial charge in [-0.1, -0.05) is 12.1 Å². The van der Waals surface area contributed by atoms with Gasteiger partial charge >= 0.3 is 0 Å². The average Bonchev–Trinajstić information content (AvgIpc) is 2.39. The third-order valence-electron chi connectivity index (χ3n) is 2.66. The van der Waals surface area contributed by atoms with E-state index in [1.54, 1.807) is 24.5 Å². The average molecular weight is 241 g/mol. The summed E-state index contributed by atoms with van der Waals surface area (Å²) in [6, 6.07) is 10.3. The molecular formula is C14H12FN3. The van der Waals surface area contributed by atoms with Crippen LogP contribution in [0.3, 0.4) is 0 Å². The molecule has 0 fully saturated rings. The van der Waals surface area contributed by atoms with Crippen LogP contribution in [-0.4, -0.2) is 12.0 Å². The van der Waals surface area contributed by atoms with E-state index < -0.39 is 5.82 Å². The minimum atomic E-state index is -0.493. The van der Waals surface area contributed by atoms with E-state index in [0.29, 0.717) is 12.2 Å². The Hall–Kier alpha value is -2.41. The Labute approximate surface area is 105 Å². The first kappa shape index (κ1) is 12.1. The van der Waals surface area contributed by atoms with Crippen LogP contribution in [0.1, 0.15) is 11.1 Å². The summed E-state index contributed by atoms with van der Waals surface area (Å²) in [5.74, 6) is -0.493. The third-order valence-corrected chi connectivity index (χ3v) is 2.66. The molecule has 4 heteroatoms. The molecule has 0 saturated heterocycles. The standard InChI is InChI=1S/C14H12FN3/c1-18(10-11-4-3-7-17-9-11)14-6-2-5-13(15)12(14)8-16/h2-7,9H,10H2,1H3. The van der Waals surface area contributed by atoms with E-state index in [9.17, 15) is 4.39 Å². The fourth-order valence-corrected chi connectivity index (χ4v) is 1.79. The highest BCUT2D eigenvalue weighted by atomic mass is 19.1. The van der Waals surface area contributed by atoms with Crippen molar-refractivity contribution in [2.75, 3.05) is 11.9 Å². The van der Waals surface area contributed by atoms with Gasteiger partial charge in [-0.25, -0.2) is 4.39 Å². The summed E-state index contributed by atoms with van der Waals surface area (Å²) < 4.78 is 13.5. The normalized spacial score (nSPS) is 9.83. The van der Waals surface area contributed by atoms with E-state index in [0.717, 1.165) is 5.56 Å². The van der Waals surface area contributed by atoms with Crippen molar-refractivity contribution in [3.8, 4) is 6.07 Å².